The summed E-state index contributed by atoms with van der Waals surface area (Å²) in [5, 5.41) is 13.4. The minimum Gasteiger partial charge on any atom is -0.393 e. The minimum absolute atomic E-state index is 0.0339. The summed E-state index contributed by atoms with van der Waals surface area (Å²) in [4.78, 5) is 26.4. The zero-order chi connectivity index (χ0) is 15.6. The maximum atomic E-state index is 12.1. The lowest BCUT2D eigenvalue weighted by atomic mass is 10.1. The normalized spacial score (nSPS) is 10.2. The average Bonchev–Trinajstić information content (AvgIpc) is 2.42. The van der Waals surface area contributed by atoms with Crippen LogP contribution in [0.25, 0.3) is 0 Å². The fourth-order valence-electron chi connectivity index (χ4n) is 1.70. The second-order valence-electron chi connectivity index (χ2n) is 4.27. The van der Waals surface area contributed by atoms with Gasteiger partial charge < -0.3 is 11.1 Å². The van der Waals surface area contributed by atoms with Crippen molar-refractivity contribution >= 4 is 39.0 Å². The van der Waals surface area contributed by atoms with Crippen molar-refractivity contribution in [2.24, 2.45) is 0 Å². The second-order valence-corrected chi connectivity index (χ2v) is 5.12. The van der Waals surface area contributed by atoms with Crippen molar-refractivity contribution in [3.05, 3.63) is 56.2 Å². The van der Waals surface area contributed by atoms with Crippen molar-refractivity contribution in [2.45, 2.75) is 6.92 Å². The molecule has 0 fully saturated rings. The molecule has 3 N–H and O–H groups in total. The number of nitro groups is 1. The van der Waals surface area contributed by atoms with Gasteiger partial charge in [-0.1, -0.05) is 6.07 Å². The highest BCUT2D eigenvalue weighted by Gasteiger charge is 2.19. The van der Waals surface area contributed by atoms with Crippen molar-refractivity contribution in [2.75, 3.05) is 11.1 Å². The molecule has 1 aromatic carbocycles. The molecule has 0 aliphatic heterocycles. The Labute approximate surface area is 128 Å². The lowest BCUT2D eigenvalue weighted by molar-refractivity contribution is -0.383. The smallest absolute Gasteiger partial charge is 0.292 e. The number of nitrogens with one attached hydrogen (secondary N) is 1. The number of nitrogen functional groups attached to an aromatic ring is 1. The van der Waals surface area contributed by atoms with E-state index in [2.05, 4.69) is 26.2 Å². The van der Waals surface area contributed by atoms with Crippen LogP contribution in [0.5, 0.6) is 0 Å². The van der Waals surface area contributed by atoms with Gasteiger partial charge in [-0.3, -0.25) is 14.9 Å². The van der Waals surface area contributed by atoms with E-state index in [9.17, 15) is 14.9 Å². The van der Waals surface area contributed by atoms with Gasteiger partial charge in [0.05, 0.1) is 10.5 Å². The molecule has 0 saturated heterocycles. The molecule has 1 amide bonds. The molecule has 0 aliphatic carbocycles. The van der Waals surface area contributed by atoms with E-state index in [1.807, 2.05) is 6.92 Å². The van der Waals surface area contributed by atoms with Gasteiger partial charge in [0.25, 0.3) is 11.6 Å². The van der Waals surface area contributed by atoms with Crippen LogP contribution >= 0.6 is 15.9 Å². The molecule has 0 radical (unpaired) electrons. The number of aromatic nitrogens is 1. The zero-order valence-electron chi connectivity index (χ0n) is 11.0. The summed E-state index contributed by atoms with van der Waals surface area (Å²) in [6.45, 7) is 1.85. The van der Waals surface area contributed by atoms with E-state index in [0.717, 1.165) is 10.0 Å². The maximum absolute atomic E-state index is 12.1. The lowest BCUT2D eigenvalue weighted by Gasteiger charge is -2.08. The Hall–Kier alpha value is -2.48. The predicted molar refractivity (Wildman–Crippen MR) is 82.1 cm³/mol. The highest BCUT2D eigenvalue weighted by atomic mass is 79.9. The third kappa shape index (κ3) is 3.16. The molecule has 1 heterocycles. The van der Waals surface area contributed by atoms with E-state index in [4.69, 9.17) is 5.73 Å². The molecular formula is C13H11BrN4O3. The van der Waals surface area contributed by atoms with Gasteiger partial charge in [-0.25, -0.2) is 4.98 Å². The summed E-state index contributed by atoms with van der Waals surface area (Å²) in [5.74, 6) is -0.211. The molecule has 108 valence electrons. The number of rotatable bonds is 3. The third-order valence-corrected chi connectivity index (χ3v) is 3.64. The van der Waals surface area contributed by atoms with Gasteiger partial charge in [0.1, 0.15) is 11.5 Å². The summed E-state index contributed by atoms with van der Waals surface area (Å²) in [5.41, 5.74) is 6.12. The molecule has 7 nitrogen and oxygen atoms in total. The summed E-state index contributed by atoms with van der Waals surface area (Å²) < 4.78 is 0.815. The molecular weight excluding hydrogens is 340 g/mol. The quantitative estimate of drug-likeness (QED) is 0.502. The van der Waals surface area contributed by atoms with Gasteiger partial charge in [-0.15, -0.1) is 0 Å². The first-order valence-corrected chi connectivity index (χ1v) is 6.66. The summed E-state index contributed by atoms with van der Waals surface area (Å²) in [6, 6.07) is 5.75. The van der Waals surface area contributed by atoms with Crippen LogP contribution in [-0.2, 0) is 0 Å². The van der Waals surface area contributed by atoms with Crippen LogP contribution in [0.4, 0.5) is 17.2 Å². The highest BCUT2D eigenvalue weighted by Crippen LogP contribution is 2.25. The van der Waals surface area contributed by atoms with Gasteiger partial charge in [-0.05, 0) is 40.5 Å². The van der Waals surface area contributed by atoms with Gasteiger partial charge in [0.15, 0.2) is 0 Å². The minimum atomic E-state index is -0.631. The fourth-order valence-corrected chi connectivity index (χ4v) is 1.92. The number of carbonyl (C=O) groups excluding carboxylic acids is 1. The molecule has 0 unspecified atom stereocenters. The van der Waals surface area contributed by atoms with Gasteiger partial charge in [-0.2, -0.15) is 0 Å². The number of amides is 1. The van der Waals surface area contributed by atoms with Crippen LogP contribution in [0.1, 0.15) is 15.9 Å². The predicted octanol–water partition coefficient (Wildman–Crippen LogP) is 2.90. The fraction of sp³-hybridized carbons (Fsp3) is 0.0769. The Balaban J connectivity index is 2.30. The number of hydrogen-bond donors (Lipinski definition) is 2. The number of carbonyl (C=O) groups is 1. The average molecular weight is 351 g/mol. The first-order valence-electron chi connectivity index (χ1n) is 5.86. The van der Waals surface area contributed by atoms with Crippen molar-refractivity contribution in [1.82, 2.24) is 4.98 Å². The molecule has 0 atom stereocenters. The van der Waals surface area contributed by atoms with Crippen LogP contribution in [0, 0.1) is 17.0 Å². The van der Waals surface area contributed by atoms with E-state index in [1.165, 1.54) is 18.2 Å². The van der Waals surface area contributed by atoms with Crippen molar-refractivity contribution < 1.29 is 9.72 Å². The number of para-hydroxylation sites is 1. The summed E-state index contributed by atoms with van der Waals surface area (Å²) in [6.07, 6.45) is 1.56. The number of hydrogen-bond acceptors (Lipinski definition) is 5. The lowest BCUT2D eigenvalue weighted by Crippen LogP contribution is -2.15. The Bertz CT molecular complexity index is 733. The van der Waals surface area contributed by atoms with Crippen LogP contribution in [0.2, 0.25) is 0 Å². The van der Waals surface area contributed by atoms with Crippen molar-refractivity contribution in [3.63, 3.8) is 0 Å². The number of aryl methyl sites for hydroxylation is 1. The van der Waals surface area contributed by atoms with Crippen molar-refractivity contribution in [3.8, 4) is 0 Å². The Morgan fingerprint density at radius 1 is 1.48 bits per heavy atom. The van der Waals surface area contributed by atoms with E-state index < -0.39 is 10.8 Å². The van der Waals surface area contributed by atoms with E-state index in [-0.39, 0.29) is 16.9 Å². The SMILES string of the molecule is Cc1cc(NC(=O)c2cccc([N+](=O)[O-])c2N)ncc1Br. The molecule has 0 spiro atoms. The van der Waals surface area contributed by atoms with Crippen LogP contribution in [0.15, 0.2) is 34.9 Å². The van der Waals surface area contributed by atoms with Gasteiger partial charge in [0, 0.05) is 16.7 Å². The number of nitrogens with zero attached hydrogens (tertiary/aromatic N) is 2. The van der Waals surface area contributed by atoms with E-state index in [0.29, 0.717) is 5.82 Å². The van der Waals surface area contributed by atoms with Crippen LogP contribution < -0.4 is 11.1 Å². The topological polar surface area (TPSA) is 111 Å². The molecule has 21 heavy (non-hydrogen) atoms. The maximum Gasteiger partial charge on any atom is 0.292 e. The molecule has 1 aromatic heterocycles. The largest absolute Gasteiger partial charge is 0.393 e. The molecule has 8 heteroatoms. The van der Waals surface area contributed by atoms with E-state index >= 15 is 0 Å². The van der Waals surface area contributed by atoms with Crippen molar-refractivity contribution in [1.29, 1.82) is 0 Å². The molecule has 0 aliphatic rings. The number of nitro benzene ring substituents is 1. The molecule has 0 saturated carbocycles. The monoisotopic (exact) mass is 350 g/mol. The summed E-state index contributed by atoms with van der Waals surface area (Å²) >= 11 is 3.31. The molecule has 2 rings (SSSR count). The molecule has 2 aromatic rings. The number of pyridine rings is 1. The zero-order valence-corrected chi connectivity index (χ0v) is 12.5. The number of nitrogens with two attached hydrogens (primary N) is 1. The highest BCUT2D eigenvalue weighted by molar-refractivity contribution is 9.10. The number of halogens is 1. The van der Waals surface area contributed by atoms with E-state index in [1.54, 1.807) is 12.3 Å². The number of benzene rings is 1. The Morgan fingerprint density at radius 3 is 2.81 bits per heavy atom. The van der Waals surface area contributed by atoms with Crippen LogP contribution in [-0.4, -0.2) is 15.8 Å². The Kier molecular flexibility index (Phi) is 4.18. The van der Waals surface area contributed by atoms with Crippen LogP contribution in [0.3, 0.4) is 0 Å². The van der Waals surface area contributed by atoms with Gasteiger partial charge in [0.2, 0.25) is 0 Å². The second kappa shape index (κ2) is 5.88. The third-order valence-electron chi connectivity index (χ3n) is 2.81. The number of anilines is 2. The standard InChI is InChI=1S/C13H11BrN4O3/c1-7-5-11(16-6-9(7)14)17-13(19)8-3-2-4-10(12(8)15)18(20)21/h2-6H,15H2,1H3,(H,16,17,19). The first kappa shape index (κ1) is 14.9. The Morgan fingerprint density at radius 2 is 2.19 bits per heavy atom. The van der Waals surface area contributed by atoms with Gasteiger partial charge >= 0.3 is 0 Å². The molecule has 0 bridgehead atoms. The first-order chi connectivity index (χ1) is 9.90. The summed E-state index contributed by atoms with van der Waals surface area (Å²) in [7, 11) is 0.